The lowest BCUT2D eigenvalue weighted by molar-refractivity contribution is -0.131. The van der Waals surface area contributed by atoms with Crippen LogP contribution in [0.2, 0.25) is 0 Å². The van der Waals surface area contributed by atoms with Gasteiger partial charge in [0.2, 0.25) is 18.6 Å². The molecular weight excluding hydrogens is 408 g/mol. The number of rotatable bonds is 6. The summed E-state index contributed by atoms with van der Waals surface area (Å²) in [6, 6.07) is 15.7. The molecular formula is C25H24N2O5. The summed E-state index contributed by atoms with van der Waals surface area (Å²) in [6.45, 7) is 1.14. The SMILES string of the molecule is O=C(NCCCc1ccccc1)[C@@H]1[C@H]2C=C[C@]3(CN(c4ccc5c(c4)OCO5)C(=O)[C@@H]13)O2. The fourth-order valence-corrected chi connectivity index (χ4v) is 5.34. The number of ether oxygens (including phenoxy) is 3. The highest BCUT2D eigenvalue weighted by atomic mass is 16.7. The zero-order valence-electron chi connectivity index (χ0n) is 17.5. The summed E-state index contributed by atoms with van der Waals surface area (Å²) in [5, 5.41) is 3.04. The van der Waals surface area contributed by atoms with Gasteiger partial charge in [-0.2, -0.15) is 0 Å². The molecule has 7 nitrogen and oxygen atoms in total. The van der Waals surface area contributed by atoms with E-state index in [0.717, 1.165) is 18.5 Å². The predicted molar refractivity (Wildman–Crippen MR) is 116 cm³/mol. The molecule has 1 N–H and O–H groups in total. The second-order valence-corrected chi connectivity index (χ2v) is 8.74. The third kappa shape index (κ3) is 2.99. The fourth-order valence-electron chi connectivity index (χ4n) is 5.34. The van der Waals surface area contributed by atoms with Crippen LogP contribution in [0.3, 0.4) is 0 Å². The molecule has 1 spiro atoms. The Morgan fingerprint density at radius 2 is 1.97 bits per heavy atom. The number of aryl methyl sites for hydroxylation is 1. The average Bonchev–Trinajstić information content (AvgIpc) is 3.57. The van der Waals surface area contributed by atoms with E-state index in [9.17, 15) is 9.59 Å². The fraction of sp³-hybridized carbons (Fsp3) is 0.360. The van der Waals surface area contributed by atoms with E-state index in [1.54, 1.807) is 4.90 Å². The molecule has 2 aromatic rings. The normalized spacial score (nSPS) is 28.9. The van der Waals surface area contributed by atoms with Gasteiger partial charge in [-0.1, -0.05) is 42.5 Å². The molecule has 2 bridgehead atoms. The molecule has 7 heteroatoms. The van der Waals surface area contributed by atoms with Crippen LogP contribution in [-0.4, -0.2) is 43.4 Å². The Labute approximate surface area is 185 Å². The van der Waals surface area contributed by atoms with Crippen molar-refractivity contribution in [1.29, 1.82) is 0 Å². The minimum atomic E-state index is -0.746. The minimum absolute atomic E-state index is 0.0832. The number of fused-ring (bicyclic) bond motifs is 2. The summed E-state index contributed by atoms with van der Waals surface area (Å²) >= 11 is 0. The van der Waals surface area contributed by atoms with Crippen molar-refractivity contribution < 1.29 is 23.8 Å². The van der Waals surface area contributed by atoms with Crippen LogP contribution >= 0.6 is 0 Å². The summed E-state index contributed by atoms with van der Waals surface area (Å²) < 4.78 is 17.1. The molecule has 0 aromatic heterocycles. The van der Waals surface area contributed by atoms with E-state index in [4.69, 9.17) is 14.2 Å². The summed E-state index contributed by atoms with van der Waals surface area (Å²) in [5.41, 5.74) is 1.23. The quantitative estimate of drug-likeness (QED) is 0.561. The van der Waals surface area contributed by atoms with Crippen LogP contribution in [0.4, 0.5) is 5.69 Å². The van der Waals surface area contributed by atoms with Gasteiger partial charge in [-0.25, -0.2) is 0 Å². The Morgan fingerprint density at radius 3 is 2.84 bits per heavy atom. The van der Waals surface area contributed by atoms with E-state index < -0.39 is 17.4 Å². The number of hydrogen-bond donors (Lipinski definition) is 1. The van der Waals surface area contributed by atoms with Crippen LogP contribution in [0.25, 0.3) is 0 Å². The first-order chi connectivity index (χ1) is 15.6. The van der Waals surface area contributed by atoms with E-state index in [2.05, 4.69) is 17.4 Å². The van der Waals surface area contributed by atoms with Crippen LogP contribution < -0.4 is 19.7 Å². The van der Waals surface area contributed by atoms with Crippen molar-refractivity contribution in [3.05, 3.63) is 66.2 Å². The summed E-state index contributed by atoms with van der Waals surface area (Å²) in [6.07, 6.45) is 5.29. The molecule has 0 radical (unpaired) electrons. The molecule has 2 aromatic carbocycles. The summed E-state index contributed by atoms with van der Waals surface area (Å²) in [7, 11) is 0. The number of amides is 2. The molecule has 2 fully saturated rings. The highest BCUT2D eigenvalue weighted by Crippen LogP contribution is 2.53. The van der Waals surface area contributed by atoms with E-state index in [1.165, 1.54) is 5.56 Å². The van der Waals surface area contributed by atoms with Crippen molar-refractivity contribution in [3.8, 4) is 11.5 Å². The van der Waals surface area contributed by atoms with E-state index in [1.807, 2.05) is 48.6 Å². The van der Waals surface area contributed by atoms with E-state index in [-0.39, 0.29) is 24.7 Å². The highest BCUT2D eigenvalue weighted by Gasteiger charge is 2.67. The molecule has 4 atom stereocenters. The Bertz CT molecular complexity index is 1100. The zero-order chi connectivity index (χ0) is 21.7. The Kier molecular flexibility index (Phi) is 4.47. The van der Waals surface area contributed by atoms with Gasteiger partial charge in [0.25, 0.3) is 0 Å². The van der Waals surface area contributed by atoms with E-state index in [0.29, 0.717) is 24.6 Å². The molecule has 164 valence electrons. The maximum absolute atomic E-state index is 13.5. The first-order valence-corrected chi connectivity index (χ1v) is 11.0. The number of nitrogens with zero attached hydrogens (tertiary/aromatic N) is 1. The van der Waals surface area contributed by atoms with Gasteiger partial charge in [-0.05, 0) is 30.5 Å². The second-order valence-electron chi connectivity index (χ2n) is 8.74. The van der Waals surface area contributed by atoms with Crippen LogP contribution in [0, 0.1) is 11.8 Å². The number of benzene rings is 2. The van der Waals surface area contributed by atoms with Crippen molar-refractivity contribution >= 4 is 17.5 Å². The molecule has 2 amide bonds. The maximum atomic E-state index is 13.5. The number of anilines is 1. The molecule has 4 aliphatic heterocycles. The van der Waals surface area contributed by atoms with Gasteiger partial charge in [-0.3, -0.25) is 9.59 Å². The molecule has 2 saturated heterocycles. The molecule has 4 heterocycles. The van der Waals surface area contributed by atoms with Crippen molar-refractivity contribution in [1.82, 2.24) is 5.32 Å². The zero-order valence-corrected chi connectivity index (χ0v) is 17.5. The molecule has 4 aliphatic rings. The van der Waals surface area contributed by atoms with Crippen LogP contribution in [0.15, 0.2) is 60.7 Å². The van der Waals surface area contributed by atoms with Gasteiger partial charge in [-0.15, -0.1) is 0 Å². The van der Waals surface area contributed by atoms with Crippen LogP contribution in [0.5, 0.6) is 11.5 Å². The lowest BCUT2D eigenvalue weighted by atomic mass is 9.77. The number of hydrogen-bond acceptors (Lipinski definition) is 5. The smallest absolute Gasteiger partial charge is 0.234 e. The standard InChI is InChI=1S/C25H24N2O5/c28-23(26-12-4-7-16-5-2-1-3-6-16)21-19-10-11-25(32-19)14-27(24(29)22(21)25)17-8-9-18-20(13-17)31-15-30-18/h1-3,5-6,8-11,13,19,21-22H,4,7,12,14-15H2,(H,26,28)/t19-,21-,22-,25-/m1/s1. The Balaban J connectivity index is 1.15. The van der Waals surface area contributed by atoms with Gasteiger partial charge in [0.1, 0.15) is 5.60 Å². The third-order valence-corrected chi connectivity index (χ3v) is 6.86. The highest BCUT2D eigenvalue weighted by molar-refractivity contribution is 6.03. The summed E-state index contributed by atoms with van der Waals surface area (Å²) in [5.74, 6) is 0.0718. The topological polar surface area (TPSA) is 77.1 Å². The van der Waals surface area contributed by atoms with Gasteiger partial charge in [0.05, 0.1) is 24.5 Å². The maximum Gasteiger partial charge on any atom is 0.234 e. The van der Waals surface area contributed by atoms with Gasteiger partial charge in [0.15, 0.2) is 11.5 Å². The molecule has 6 rings (SSSR count). The van der Waals surface area contributed by atoms with Crippen LogP contribution in [0.1, 0.15) is 12.0 Å². The van der Waals surface area contributed by atoms with Gasteiger partial charge in [0, 0.05) is 18.3 Å². The lowest BCUT2D eigenvalue weighted by Crippen LogP contribution is -2.44. The van der Waals surface area contributed by atoms with Crippen molar-refractivity contribution in [3.63, 3.8) is 0 Å². The number of carbonyl (C=O) groups is 2. The first-order valence-electron chi connectivity index (χ1n) is 11.0. The Hall–Kier alpha value is -3.32. The largest absolute Gasteiger partial charge is 0.454 e. The van der Waals surface area contributed by atoms with Crippen LogP contribution in [-0.2, 0) is 20.7 Å². The van der Waals surface area contributed by atoms with Crippen molar-refractivity contribution in [2.45, 2.75) is 24.5 Å². The average molecular weight is 432 g/mol. The monoisotopic (exact) mass is 432 g/mol. The van der Waals surface area contributed by atoms with Gasteiger partial charge < -0.3 is 24.4 Å². The minimum Gasteiger partial charge on any atom is -0.454 e. The lowest BCUT2D eigenvalue weighted by Gasteiger charge is -2.23. The summed E-state index contributed by atoms with van der Waals surface area (Å²) in [4.78, 5) is 28.3. The number of nitrogens with one attached hydrogen (secondary N) is 1. The molecule has 0 unspecified atom stereocenters. The van der Waals surface area contributed by atoms with Crippen molar-refractivity contribution in [2.75, 3.05) is 24.8 Å². The molecule has 0 saturated carbocycles. The predicted octanol–water partition coefficient (Wildman–Crippen LogP) is 2.45. The Morgan fingerprint density at radius 1 is 1.12 bits per heavy atom. The second kappa shape index (κ2) is 7.38. The molecule has 32 heavy (non-hydrogen) atoms. The molecule has 0 aliphatic carbocycles. The number of carbonyl (C=O) groups excluding carboxylic acids is 2. The van der Waals surface area contributed by atoms with Crippen molar-refractivity contribution in [2.24, 2.45) is 11.8 Å². The van der Waals surface area contributed by atoms with Gasteiger partial charge >= 0.3 is 0 Å². The third-order valence-electron chi connectivity index (χ3n) is 6.86. The first kappa shape index (κ1) is 19.4. The van der Waals surface area contributed by atoms with E-state index >= 15 is 0 Å².